The molecule has 0 aliphatic rings. The second kappa shape index (κ2) is 7.33. The molecule has 0 amide bonds. The van der Waals surface area contributed by atoms with Gasteiger partial charge in [0.2, 0.25) is 0 Å². The number of carbonyl (C=O) groups is 1. The lowest BCUT2D eigenvalue weighted by Crippen LogP contribution is -2.21. The molecule has 0 aliphatic carbocycles. The van der Waals surface area contributed by atoms with E-state index in [-0.39, 0.29) is 4.90 Å². The highest BCUT2D eigenvalue weighted by Gasteiger charge is 2.22. The Labute approximate surface area is 142 Å². The summed E-state index contributed by atoms with van der Waals surface area (Å²) in [7, 11) is -3.62. The Bertz CT molecular complexity index is 883. The van der Waals surface area contributed by atoms with E-state index in [1.54, 1.807) is 12.1 Å². The van der Waals surface area contributed by atoms with Crippen molar-refractivity contribution in [1.29, 1.82) is 0 Å². The van der Waals surface area contributed by atoms with Crippen molar-refractivity contribution in [1.82, 2.24) is 0 Å². The molecule has 0 saturated carbocycles. The first-order valence-corrected chi connectivity index (χ1v) is 9.07. The number of benzene rings is 2. The van der Waals surface area contributed by atoms with Crippen LogP contribution in [0.4, 0.5) is 0 Å². The van der Waals surface area contributed by atoms with Crippen molar-refractivity contribution in [2.45, 2.75) is 18.7 Å². The van der Waals surface area contributed by atoms with Crippen LogP contribution in [0.25, 0.3) is 0 Å². The van der Waals surface area contributed by atoms with Crippen molar-refractivity contribution in [3.8, 4) is 11.8 Å². The average molecular weight is 342 g/mol. The minimum absolute atomic E-state index is 0.108. The quantitative estimate of drug-likeness (QED) is 0.867. The van der Waals surface area contributed by atoms with Crippen LogP contribution in [-0.4, -0.2) is 25.2 Å². The molecule has 0 heterocycles. The number of carboxylic acid groups (broad SMARTS) is 1. The van der Waals surface area contributed by atoms with Gasteiger partial charge in [-0.2, -0.15) is 0 Å². The molecule has 0 aliphatic heterocycles. The Morgan fingerprint density at radius 1 is 1.00 bits per heavy atom. The largest absolute Gasteiger partial charge is 0.481 e. The zero-order valence-corrected chi connectivity index (χ0v) is 14.3. The van der Waals surface area contributed by atoms with Gasteiger partial charge in [-0.1, -0.05) is 36.5 Å². The third kappa shape index (κ3) is 4.71. The van der Waals surface area contributed by atoms with Gasteiger partial charge in [0.25, 0.3) is 0 Å². The second-order valence-corrected chi connectivity index (χ2v) is 7.70. The summed E-state index contributed by atoms with van der Waals surface area (Å²) in [6.07, 6.45) is 0. The molecule has 1 atom stereocenters. The lowest BCUT2D eigenvalue weighted by molar-refractivity contribution is -0.140. The van der Waals surface area contributed by atoms with E-state index in [4.69, 9.17) is 5.11 Å². The van der Waals surface area contributed by atoms with Crippen molar-refractivity contribution in [3.05, 3.63) is 65.2 Å². The highest BCUT2D eigenvalue weighted by molar-refractivity contribution is 7.91. The zero-order chi connectivity index (χ0) is 17.7. The number of rotatable bonds is 4. The summed E-state index contributed by atoms with van der Waals surface area (Å²) in [4.78, 5) is 10.9. The van der Waals surface area contributed by atoms with E-state index in [2.05, 4.69) is 11.8 Å². The number of sulfone groups is 1. The van der Waals surface area contributed by atoms with E-state index in [1.165, 1.54) is 19.1 Å². The smallest absolute Gasteiger partial charge is 0.307 e. The first kappa shape index (κ1) is 17.8. The number of aryl methyl sites for hydroxylation is 1. The zero-order valence-electron chi connectivity index (χ0n) is 13.5. The summed E-state index contributed by atoms with van der Waals surface area (Å²) in [6, 6.07) is 14.0. The van der Waals surface area contributed by atoms with Crippen LogP contribution in [-0.2, 0) is 14.6 Å². The maximum atomic E-state index is 12.2. The SMILES string of the molecule is Cc1ccc(C#Cc2ccc(S(=O)(=O)CC(C)C(=O)O)cc2)cc1. The molecule has 0 saturated heterocycles. The first-order chi connectivity index (χ1) is 11.3. The molecular weight excluding hydrogens is 324 g/mol. The van der Waals surface area contributed by atoms with Crippen LogP contribution in [0.1, 0.15) is 23.6 Å². The van der Waals surface area contributed by atoms with Crippen molar-refractivity contribution in [3.63, 3.8) is 0 Å². The maximum absolute atomic E-state index is 12.2. The van der Waals surface area contributed by atoms with Crippen molar-refractivity contribution >= 4 is 15.8 Å². The molecule has 1 unspecified atom stereocenters. The normalized spacial score (nSPS) is 12.1. The van der Waals surface area contributed by atoms with Crippen LogP contribution in [0, 0.1) is 24.7 Å². The Morgan fingerprint density at radius 3 is 1.92 bits per heavy atom. The topological polar surface area (TPSA) is 71.4 Å². The Morgan fingerprint density at radius 2 is 1.46 bits per heavy atom. The van der Waals surface area contributed by atoms with E-state index < -0.39 is 27.5 Å². The van der Waals surface area contributed by atoms with Crippen molar-refractivity contribution < 1.29 is 18.3 Å². The standard InChI is InChI=1S/C19H18O4S/c1-14-3-5-16(6-4-14)7-8-17-9-11-18(12-10-17)24(22,23)13-15(2)19(20)21/h3-6,9-12,15H,13H2,1-2H3,(H,20,21). The molecule has 124 valence electrons. The van der Waals surface area contributed by atoms with Crippen LogP contribution >= 0.6 is 0 Å². The van der Waals surface area contributed by atoms with Crippen LogP contribution in [0.5, 0.6) is 0 Å². The van der Waals surface area contributed by atoms with Gasteiger partial charge in [-0.15, -0.1) is 0 Å². The lowest BCUT2D eigenvalue weighted by Gasteiger charge is -2.07. The summed E-state index contributed by atoms with van der Waals surface area (Å²) < 4.78 is 24.3. The number of carboxylic acids is 1. The Kier molecular flexibility index (Phi) is 5.42. The predicted molar refractivity (Wildman–Crippen MR) is 92.5 cm³/mol. The fraction of sp³-hybridized carbons (Fsp3) is 0.211. The Balaban J connectivity index is 2.16. The molecule has 0 fully saturated rings. The van der Waals surface area contributed by atoms with Gasteiger partial charge in [0.1, 0.15) is 0 Å². The molecule has 0 radical (unpaired) electrons. The van der Waals surface area contributed by atoms with Crippen LogP contribution in [0.2, 0.25) is 0 Å². The van der Waals surface area contributed by atoms with Gasteiger partial charge in [0, 0.05) is 11.1 Å². The lowest BCUT2D eigenvalue weighted by atomic mass is 10.1. The maximum Gasteiger partial charge on any atom is 0.307 e. The minimum Gasteiger partial charge on any atom is -0.481 e. The van der Waals surface area contributed by atoms with E-state index in [0.29, 0.717) is 5.56 Å². The van der Waals surface area contributed by atoms with E-state index >= 15 is 0 Å². The van der Waals surface area contributed by atoms with Crippen LogP contribution in [0.15, 0.2) is 53.4 Å². The average Bonchev–Trinajstić information content (AvgIpc) is 2.54. The Hall–Kier alpha value is -2.58. The van der Waals surface area contributed by atoms with Gasteiger partial charge < -0.3 is 5.11 Å². The van der Waals surface area contributed by atoms with E-state index in [1.807, 2.05) is 31.2 Å². The molecule has 2 rings (SSSR count). The molecule has 4 nitrogen and oxygen atoms in total. The molecule has 0 spiro atoms. The highest BCUT2D eigenvalue weighted by atomic mass is 32.2. The highest BCUT2D eigenvalue weighted by Crippen LogP contribution is 2.15. The molecule has 0 bridgehead atoms. The number of hydrogen-bond acceptors (Lipinski definition) is 3. The molecule has 0 aromatic heterocycles. The van der Waals surface area contributed by atoms with E-state index in [9.17, 15) is 13.2 Å². The third-order valence-electron chi connectivity index (χ3n) is 3.51. The van der Waals surface area contributed by atoms with Crippen molar-refractivity contribution in [2.75, 3.05) is 5.75 Å². The molecule has 24 heavy (non-hydrogen) atoms. The predicted octanol–water partition coefficient (Wildman–Crippen LogP) is 2.89. The van der Waals surface area contributed by atoms with Crippen molar-refractivity contribution in [2.24, 2.45) is 5.92 Å². The summed E-state index contributed by atoms with van der Waals surface area (Å²) in [5.74, 6) is 3.50. The fourth-order valence-electron chi connectivity index (χ4n) is 2.02. The molecule has 5 heteroatoms. The van der Waals surface area contributed by atoms with Gasteiger partial charge in [-0.05, 0) is 43.3 Å². The summed E-state index contributed by atoms with van der Waals surface area (Å²) >= 11 is 0. The first-order valence-electron chi connectivity index (χ1n) is 7.42. The molecule has 2 aromatic carbocycles. The second-order valence-electron chi connectivity index (χ2n) is 5.66. The van der Waals surface area contributed by atoms with Gasteiger partial charge in [-0.3, -0.25) is 4.79 Å². The summed E-state index contributed by atoms with van der Waals surface area (Å²) in [5.41, 5.74) is 2.74. The van der Waals surface area contributed by atoms with Gasteiger partial charge in [-0.25, -0.2) is 8.42 Å². The van der Waals surface area contributed by atoms with Gasteiger partial charge in [0.05, 0.1) is 16.6 Å². The molecule has 1 N–H and O–H groups in total. The summed E-state index contributed by atoms with van der Waals surface area (Å²) in [5, 5.41) is 8.85. The minimum atomic E-state index is -3.62. The van der Waals surface area contributed by atoms with E-state index in [0.717, 1.165) is 11.1 Å². The molecule has 2 aromatic rings. The third-order valence-corrected chi connectivity index (χ3v) is 5.44. The van der Waals surface area contributed by atoms with Gasteiger partial charge in [0.15, 0.2) is 9.84 Å². The molecular formula is C19H18O4S. The van der Waals surface area contributed by atoms with Crippen LogP contribution < -0.4 is 0 Å². The van der Waals surface area contributed by atoms with Gasteiger partial charge >= 0.3 is 5.97 Å². The number of hydrogen-bond donors (Lipinski definition) is 1. The monoisotopic (exact) mass is 342 g/mol. The number of aliphatic carboxylic acids is 1. The van der Waals surface area contributed by atoms with Crippen LogP contribution in [0.3, 0.4) is 0 Å². The summed E-state index contributed by atoms with van der Waals surface area (Å²) in [6.45, 7) is 3.38. The fourth-order valence-corrected chi connectivity index (χ4v) is 3.57.